The van der Waals surface area contributed by atoms with Gasteiger partial charge in [0.05, 0.1) is 19.3 Å². The third-order valence-electron chi connectivity index (χ3n) is 5.03. The van der Waals surface area contributed by atoms with Gasteiger partial charge in [-0.15, -0.1) is 24.0 Å². The zero-order chi connectivity index (χ0) is 19.2. The Hall–Kier alpha value is -1.61. The van der Waals surface area contributed by atoms with Crippen molar-refractivity contribution in [3.05, 3.63) is 52.8 Å². The highest BCUT2D eigenvalue weighted by atomic mass is 127. The van der Waals surface area contributed by atoms with Crippen molar-refractivity contribution in [3.8, 4) is 0 Å². The number of rotatable bonds is 5. The van der Waals surface area contributed by atoms with E-state index in [0.717, 1.165) is 38.4 Å². The quantitative estimate of drug-likeness (QED) is 0.298. The van der Waals surface area contributed by atoms with Crippen LogP contribution in [0.2, 0.25) is 0 Å². The summed E-state index contributed by atoms with van der Waals surface area (Å²) < 4.78 is 7.91. The van der Waals surface area contributed by atoms with Crippen molar-refractivity contribution in [2.45, 2.75) is 32.8 Å². The minimum atomic E-state index is 0. The lowest BCUT2D eigenvalue weighted by atomic mass is 10.00. The minimum absolute atomic E-state index is 0. The highest BCUT2D eigenvalue weighted by Gasteiger charge is 2.25. The summed E-state index contributed by atoms with van der Waals surface area (Å²) in [6, 6.07) is 6.59. The standard InChI is InChI=1S/C21H31N5O.HI/c1-16-7-8-19(17(2)12-16)20-15-26(10-11-27-20)21(22-3)23-9-5-6-18-13-24-25(4)14-18;/h7-8,12-14,20H,5-6,9-11,15H2,1-4H3,(H,22,23);1H. The highest BCUT2D eigenvalue weighted by molar-refractivity contribution is 14.0. The summed E-state index contributed by atoms with van der Waals surface area (Å²) in [4.78, 5) is 6.79. The molecule has 1 saturated heterocycles. The van der Waals surface area contributed by atoms with Crippen molar-refractivity contribution in [3.63, 3.8) is 0 Å². The SMILES string of the molecule is CN=C(NCCCc1cnn(C)c1)N1CCOC(c2ccc(C)cc2C)C1.I. The molecule has 1 aromatic carbocycles. The summed E-state index contributed by atoms with van der Waals surface area (Å²) in [6.07, 6.45) is 6.17. The normalized spacial score (nSPS) is 17.4. The molecular weight excluding hydrogens is 465 g/mol. The maximum absolute atomic E-state index is 6.06. The lowest BCUT2D eigenvalue weighted by molar-refractivity contribution is -0.00831. The number of morpholine rings is 1. The first-order chi connectivity index (χ1) is 13.1. The zero-order valence-electron chi connectivity index (χ0n) is 17.3. The second-order valence-electron chi connectivity index (χ2n) is 7.27. The Kier molecular flexibility index (Phi) is 8.75. The van der Waals surface area contributed by atoms with Gasteiger partial charge in [-0.25, -0.2) is 0 Å². The van der Waals surface area contributed by atoms with Crippen molar-refractivity contribution in [2.24, 2.45) is 12.0 Å². The van der Waals surface area contributed by atoms with Gasteiger partial charge in [-0.2, -0.15) is 5.10 Å². The van der Waals surface area contributed by atoms with Crippen LogP contribution < -0.4 is 5.32 Å². The summed E-state index contributed by atoms with van der Waals surface area (Å²) in [7, 11) is 3.80. The fourth-order valence-electron chi connectivity index (χ4n) is 3.64. The number of hydrogen-bond donors (Lipinski definition) is 1. The Bertz CT molecular complexity index is 789. The van der Waals surface area contributed by atoms with Crippen LogP contribution in [0.4, 0.5) is 0 Å². The largest absolute Gasteiger partial charge is 0.370 e. The van der Waals surface area contributed by atoms with Gasteiger partial charge < -0.3 is 15.0 Å². The number of ether oxygens (including phenoxy) is 1. The van der Waals surface area contributed by atoms with E-state index in [9.17, 15) is 0 Å². The Morgan fingerprint density at radius 1 is 1.36 bits per heavy atom. The van der Waals surface area contributed by atoms with Crippen LogP contribution in [0.1, 0.15) is 34.8 Å². The molecule has 2 heterocycles. The van der Waals surface area contributed by atoms with E-state index in [0.29, 0.717) is 6.61 Å². The van der Waals surface area contributed by atoms with E-state index in [-0.39, 0.29) is 30.1 Å². The average Bonchev–Trinajstić information content (AvgIpc) is 3.07. The van der Waals surface area contributed by atoms with E-state index >= 15 is 0 Å². The Morgan fingerprint density at radius 3 is 2.86 bits per heavy atom. The summed E-state index contributed by atoms with van der Waals surface area (Å²) in [5.74, 6) is 0.958. The summed E-state index contributed by atoms with van der Waals surface area (Å²) in [5.41, 5.74) is 5.13. The van der Waals surface area contributed by atoms with Crippen LogP contribution in [-0.4, -0.2) is 53.9 Å². The Balaban J connectivity index is 0.00000280. The van der Waals surface area contributed by atoms with Gasteiger partial charge in [0.25, 0.3) is 0 Å². The van der Waals surface area contributed by atoms with E-state index in [1.807, 2.05) is 25.0 Å². The number of guanidine groups is 1. The third kappa shape index (κ3) is 5.94. The molecule has 28 heavy (non-hydrogen) atoms. The highest BCUT2D eigenvalue weighted by Crippen LogP contribution is 2.25. The molecule has 1 N–H and O–H groups in total. The van der Waals surface area contributed by atoms with Gasteiger partial charge >= 0.3 is 0 Å². The predicted molar refractivity (Wildman–Crippen MR) is 124 cm³/mol. The van der Waals surface area contributed by atoms with Gasteiger partial charge in [-0.3, -0.25) is 9.67 Å². The van der Waals surface area contributed by atoms with Crippen molar-refractivity contribution in [1.29, 1.82) is 0 Å². The fraction of sp³-hybridized carbons (Fsp3) is 0.524. The van der Waals surface area contributed by atoms with Gasteiger partial charge in [0.2, 0.25) is 0 Å². The van der Waals surface area contributed by atoms with Crippen LogP contribution in [0.3, 0.4) is 0 Å². The first-order valence-corrected chi connectivity index (χ1v) is 9.68. The van der Waals surface area contributed by atoms with Gasteiger partial charge in [0.1, 0.15) is 6.10 Å². The molecule has 1 aliphatic heterocycles. The molecular formula is C21H32IN5O. The molecule has 0 saturated carbocycles. The molecule has 7 heteroatoms. The number of hydrogen-bond acceptors (Lipinski definition) is 3. The monoisotopic (exact) mass is 497 g/mol. The molecule has 0 aliphatic carbocycles. The second-order valence-corrected chi connectivity index (χ2v) is 7.27. The third-order valence-corrected chi connectivity index (χ3v) is 5.03. The second kappa shape index (κ2) is 10.8. The lowest BCUT2D eigenvalue weighted by Crippen LogP contribution is -2.48. The van der Waals surface area contributed by atoms with Gasteiger partial charge in [-0.1, -0.05) is 23.8 Å². The average molecular weight is 497 g/mol. The van der Waals surface area contributed by atoms with Crippen LogP contribution in [0.15, 0.2) is 35.6 Å². The topological polar surface area (TPSA) is 54.7 Å². The molecule has 6 nitrogen and oxygen atoms in total. The van der Waals surface area contributed by atoms with E-state index < -0.39 is 0 Å². The maximum Gasteiger partial charge on any atom is 0.193 e. The molecule has 1 atom stereocenters. The maximum atomic E-state index is 6.06. The van der Waals surface area contributed by atoms with E-state index in [1.54, 1.807) is 0 Å². The molecule has 154 valence electrons. The molecule has 2 aromatic rings. The molecule has 0 bridgehead atoms. The summed E-state index contributed by atoms with van der Waals surface area (Å²) >= 11 is 0. The van der Waals surface area contributed by atoms with E-state index in [1.165, 1.54) is 22.3 Å². The molecule has 3 rings (SSSR count). The van der Waals surface area contributed by atoms with Crippen LogP contribution in [0, 0.1) is 13.8 Å². The number of benzene rings is 1. The molecule has 1 unspecified atom stereocenters. The van der Waals surface area contributed by atoms with Crippen LogP contribution in [0.25, 0.3) is 0 Å². The van der Waals surface area contributed by atoms with Crippen LogP contribution >= 0.6 is 24.0 Å². The number of aromatic nitrogens is 2. The van der Waals surface area contributed by atoms with E-state index in [4.69, 9.17) is 4.74 Å². The number of nitrogens with zero attached hydrogens (tertiary/aromatic N) is 4. The minimum Gasteiger partial charge on any atom is -0.370 e. The molecule has 0 spiro atoms. The van der Waals surface area contributed by atoms with Gasteiger partial charge in [-0.05, 0) is 43.4 Å². The molecule has 0 radical (unpaired) electrons. The Morgan fingerprint density at radius 2 is 2.18 bits per heavy atom. The predicted octanol–water partition coefficient (Wildman–Crippen LogP) is 3.24. The fourth-order valence-corrected chi connectivity index (χ4v) is 3.64. The lowest BCUT2D eigenvalue weighted by Gasteiger charge is -2.35. The zero-order valence-corrected chi connectivity index (χ0v) is 19.6. The smallest absolute Gasteiger partial charge is 0.193 e. The Labute approximate surface area is 185 Å². The van der Waals surface area contributed by atoms with E-state index in [2.05, 4.69) is 58.6 Å². The first kappa shape index (κ1) is 22.7. The molecule has 1 fully saturated rings. The van der Waals surface area contributed by atoms with Crippen molar-refractivity contribution in [1.82, 2.24) is 20.0 Å². The summed E-state index contributed by atoms with van der Waals surface area (Å²) in [6.45, 7) is 7.59. The molecule has 1 aliphatic rings. The number of aliphatic imine (C=N–C) groups is 1. The van der Waals surface area contributed by atoms with Crippen molar-refractivity contribution < 1.29 is 4.74 Å². The van der Waals surface area contributed by atoms with Crippen LogP contribution in [-0.2, 0) is 18.2 Å². The number of nitrogens with one attached hydrogen (secondary N) is 1. The summed E-state index contributed by atoms with van der Waals surface area (Å²) in [5, 5.41) is 7.73. The molecule has 0 amide bonds. The first-order valence-electron chi connectivity index (χ1n) is 9.68. The van der Waals surface area contributed by atoms with Crippen LogP contribution in [0.5, 0.6) is 0 Å². The van der Waals surface area contributed by atoms with Crippen molar-refractivity contribution in [2.75, 3.05) is 33.3 Å². The van der Waals surface area contributed by atoms with Crippen molar-refractivity contribution >= 4 is 29.9 Å². The number of aryl methyl sites for hydroxylation is 4. The number of halogens is 1. The van der Waals surface area contributed by atoms with Gasteiger partial charge in [0.15, 0.2) is 5.96 Å². The van der Waals surface area contributed by atoms with Gasteiger partial charge in [0, 0.05) is 33.4 Å². The molecule has 1 aromatic heterocycles.